The molecule has 0 atom stereocenters. The zero-order valence-corrected chi connectivity index (χ0v) is 11.7. The van der Waals surface area contributed by atoms with Gasteiger partial charge in [0.05, 0.1) is 0 Å². The van der Waals surface area contributed by atoms with E-state index in [-0.39, 0.29) is 5.91 Å². The lowest BCUT2D eigenvalue weighted by Crippen LogP contribution is -2.57. The van der Waals surface area contributed by atoms with Crippen LogP contribution in [0.2, 0.25) is 0 Å². The van der Waals surface area contributed by atoms with E-state index in [2.05, 4.69) is 5.32 Å². The zero-order valence-electron chi connectivity index (χ0n) is 11.7. The van der Waals surface area contributed by atoms with E-state index in [4.69, 9.17) is 0 Å². The monoisotopic (exact) mass is 255 g/mol. The molecule has 0 aromatic heterocycles. The van der Waals surface area contributed by atoms with Crippen molar-refractivity contribution in [2.24, 2.45) is 5.41 Å². The van der Waals surface area contributed by atoms with Gasteiger partial charge in [-0.1, -0.05) is 46.5 Å². The number of nitrogens with one attached hydrogen (secondary N) is 1. The molecule has 0 saturated heterocycles. The van der Waals surface area contributed by atoms with Gasteiger partial charge in [-0.15, -0.1) is 0 Å². The third kappa shape index (κ3) is 3.24. The highest BCUT2D eigenvalue weighted by Crippen LogP contribution is 2.29. The van der Waals surface area contributed by atoms with E-state index >= 15 is 0 Å². The normalized spacial score (nSPS) is 19.9. The number of aliphatic carboxylic acids is 1. The lowest BCUT2D eigenvalue weighted by Gasteiger charge is -2.33. The van der Waals surface area contributed by atoms with E-state index in [1.54, 1.807) is 0 Å². The Morgan fingerprint density at radius 2 is 1.67 bits per heavy atom. The van der Waals surface area contributed by atoms with Crippen molar-refractivity contribution in [2.45, 2.75) is 71.3 Å². The third-order valence-corrected chi connectivity index (χ3v) is 4.22. The summed E-state index contributed by atoms with van der Waals surface area (Å²) in [5.41, 5.74) is -1.55. The molecule has 2 N–H and O–H groups in total. The first-order valence-corrected chi connectivity index (χ1v) is 6.90. The van der Waals surface area contributed by atoms with Gasteiger partial charge >= 0.3 is 5.97 Å². The molecule has 0 radical (unpaired) electrons. The molecule has 0 unspecified atom stereocenters. The molecular weight excluding hydrogens is 230 g/mol. The minimum absolute atomic E-state index is 0.144. The van der Waals surface area contributed by atoms with Gasteiger partial charge in [0.1, 0.15) is 5.54 Å². The summed E-state index contributed by atoms with van der Waals surface area (Å²) < 4.78 is 0. The molecule has 4 nitrogen and oxygen atoms in total. The zero-order chi connectivity index (χ0) is 13.8. The molecule has 1 rings (SSSR count). The van der Waals surface area contributed by atoms with Crippen LogP contribution in [0.5, 0.6) is 0 Å². The van der Waals surface area contributed by atoms with E-state index in [9.17, 15) is 14.7 Å². The number of hydrogen-bond donors (Lipinski definition) is 2. The minimum Gasteiger partial charge on any atom is -0.480 e. The predicted molar refractivity (Wildman–Crippen MR) is 70.3 cm³/mol. The Kier molecular flexibility index (Phi) is 4.77. The topological polar surface area (TPSA) is 66.4 Å². The standard InChI is InChI=1S/C14H25NO3/c1-4-13(2,3)11(16)15-14(12(17)18)9-7-5-6-8-10-14/h4-10H2,1-3H3,(H,15,16)(H,17,18). The van der Waals surface area contributed by atoms with Gasteiger partial charge in [0, 0.05) is 5.41 Å². The maximum absolute atomic E-state index is 12.2. The van der Waals surface area contributed by atoms with Crippen LogP contribution in [-0.2, 0) is 9.59 Å². The second-order valence-corrected chi connectivity index (χ2v) is 5.99. The number of hydrogen-bond acceptors (Lipinski definition) is 2. The molecular formula is C14H25NO3. The lowest BCUT2D eigenvalue weighted by molar-refractivity contribution is -0.150. The van der Waals surface area contributed by atoms with Gasteiger partial charge < -0.3 is 10.4 Å². The fourth-order valence-electron chi connectivity index (χ4n) is 2.27. The van der Waals surface area contributed by atoms with Crippen molar-refractivity contribution in [3.05, 3.63) is 0 Å². The predicted octanol–water partition coefficient (Wildman–Crippen LogP) is 2.72. The van der Waals surface area contributed by atoms with E-state index in [1.807, 2.05) is 20.8 Å². The van der Waals surface area contributed by atoms with Crippen molar-refractivity contribution < 1.29 is 14.7 Å². The molecule has 1 amide bonds. The first-order valence-electron chi connectivity index (χ1n) is 6.90. The highest BCUT2D eigenvalue weighted by Gasteiger charge is 2.42. The van der Waals surface area contributed by atoms with Crippen LogP contribution in [0, 0.1) is 5.41 Å². The average Bonchev–Trinajstić information content (AvgIpc) is 2.55. The molecule has 104 valence electrons. The maximum atomic E-state index is 12.2. The molecule has 1 saturated carbocycles. The van der Waals surface area contributed by atoms with Gasteiger partial charge in [-0.2, -0.15) is 0 Å². The molecule has 1 aliphatic rings. The van der Waals surface area contributed by atoms with E-state index < -0.39 is 16.9 Å². The summed E-state index contributed by atoms with van der Waals surface area (Å²) in [4.78, 5) is 23.8. The van der Waals surface area contributed by atoms with Gasteiger partial charge in [0.2, 0.25) is 5.91 Å². The lowest BCUT2D eigenvalue weighted by atomic mass is 9.85. The molecule has 0 heterocycles. The Morgan fingerprint density at radius 3 is 2.06 bits per heavy atom. The molecule has 0 aliphatic heterocycles. The molecule has 0 bridgehead atoms. The second-order valence-electron chi connectivity index (χ2n) is 5.99. The number of carbonyl (C=O) groups excluding carboxylic acids is 1. The van der Waals surface area contributed by atoms with Crippen LogP contribution in [0.3, 0.4) is 0 Å². The number of carbonyl (C=O) groups is 2. The van der Waals surface area contributed by atoms with Gasteiger partial charge in [0.25, 0.3) is 0 Å². The second kappa shape index (κ2) is 5.72. The van der Waals surface area contributed by atoms with Gasteiger partial charge in [-0.05, 0) is 19.3 Å². The van der Waals surface area contributed by atoms with Crippen molar-refractivity contribution in [3.63, 3.8) is 0 Å². The Hall–Kier alpha value is -1.06. The summed E-state index contributed by atoms with van der Waals surface area (Å²) in [6.45, 7) is 5.66. The van der Waals surface area contributed by atoms with Crippen LogP contribution < -0.4 is 5.32 Å². The van der Waals surface area contributed by atoms with Crippen molar-refractivity contribution in [1.82, 2.24) is 5.32 Å². The number of carboxylic acid groups (broad SMARTS) is 1. The number of amides is 1. The number of carboxylic acids is 1. The van der Waals surface area contributed by atoms with Crippen molar-refractivity contribution in [1.29, 1.82) is 0 Å². The van der Waals surface area contributed by atoms with Crippen LogP contribution in [0.1, 0.15) is 65.7 Å². The first-order chi connectivity index (χ1) is 8.34. The highest BCUT2D eigenvalue weighted by atomic mass is 16.4. The average molecular weight is 255 g/mol. The fraction of sp³-hybridized carbons (Fsp3) is 0.857. The molecule has 18 heavy (non-hydrogen) atoms. The Bertz CT molecular complexity index is 315. The van der Waals surface area contributed by atoms with E-state index in [0.29, 0.717) is 19.3 Å². The summed E-state index contributed by atoms with van der Waals surface area (Å²) in [6, 6.07) is 0. The Labute approximate surface area is 109 Å². The molecule has 4 heteroatoms. The van der Waals surface area contributed by atoms with Crippen molar-refractivity contribution >= 4 is 11.9 Å². The molecule has 1 aliphatic carbocycles. The van der Waals surface area contributed by atoms with Gasteiger partial charge in [-0.25, -0.2) is 4.79 Å². The summed E-state index contributed by atoms with van der Waals surface area (Å²) in [5, 5.41) is 12.3. The molecule has 0 spiro atoms. The molecule has 0 aromatic carbocycles. The smallest absolute Gasteiger partial charge is 0.329 e. The Morgan fingerprint density at radius 1 is 1.17 bits per heavy atom. The van der Waals surface area contributed by atoms with Crippen LogP contribution in [0.4, 0.5) is 0 Å². The highest BCUT2D eigenvalue weighted by molar-refractivity contribution is 5.89. The van der Waals surface area contributed by atoms with Crippen LogP contribution >= 0.6 is 0 Å². The first kappa shape index (κ1) is 15.0. The minimum atomic E-state index is -1.04. The maximum Gasteiger partial charge on any atom is 0.329 e. The summed E-state index contributed by atoms with van der Waals surface area (Å²) >= 11 is 0. The van der Waals surface area contributed by atoms with Crippen molar-refractivity contribution in [3.8, 4) is 0 Å². The fourth-order valence-corrected chi connectivity index (χ4v) is 2.27. The summed E-state index contributed by atoms with van der Waals surface area (Å²) in [5.74, 6) is -1.03. The number of rotatable bonds is 4. The summed E-state index contributed by atoms with van der Waals surface area (Å²) in [6.07, 6.45) is 5.67. The van der Waals surface area contributed by atoms with Gasteiger partial charge in [0.15, 0.2) is 0 Å². The van der Waals surface area contributed by atoms with E-state index in [1.165, 1.54) is 0 Å². The van der Waals surface area contributed by atoms with E-state index in [0.717, 1.165) is 25.7 Å². The quantitative estimate of drug-likeness (QED) is 0.759. The van der Waals surface area contributed by atoms with Crippen LogP contribution in [0.15, 0.2) is 0 Å². The van der Waals surface area contributed by atoms with Crippen molar-refractivity contribution in [2.75, 3.05) is 0 Å². The van der Waals surface area contributed by atoms with Gasteiger partial charge in [-0.3, -0.25) is 4.79 Å². The SMILES string of the molecule is CCC(C)(C)C(=O)NC1(C(=O)O)CCCCCC1. The van der Waals surface area contributed by atoms with Crippen LogP contribution in [-0.4, -0.2) is 22.5 Å². The Balaban J connectivity index is 2.86. The molecule has 0 aromatic rings. The summed E-state index contributed by atoms with van der Waals surface area (Å²) in [7, 11) is 0. The molecule has 1 fully saturated rings. The third-order valence-electron chi connectivity index (χ3n) is 4.22. The largest absolute Gasteiger partial charge is 0.480 e. The van der Waals surface area contributed by atoms with Crippen LogP contribution in [0.25, 0.3) is 0 Å².